The number of fused-ring (bicyclic) bond motifs is 1. The summed E-state index contributed by atoms with van der Waals surface area (Å²) in [6, 6.07) is 17.8. The lowest BCUT2D eigenvalue weighted by Gasteiger charge is -1.99. The zero-order valence-electron chi connectivity index (χ0n) is 14.8. The van der Waals surface area contributed by atoms with E-state index in [0.29, 0.717) is 17.1 Å². The second-order valence-electron chi connectivity index (χ2n) is 6.27. The molecule has 4 rings (SSSR count). The summed E-state index contributed by atoms with van der Waals surface area (Å²) < 4.78 is 5.83. The van der Waals surface area contributed by atoms with Gasteiger partial charge in [-0.2, -0.15) is 0 Å². The first-order chi connectivity index (χ1) is 13.5. The van der Waals surface area contributed by atoms with E-state index in [1.165, 1.54) is 12.1 Å². The van der Waals surface area contributed by atoms with Crippen LogP contribution in [0, 0.1) is 17.0 Å². The number of hydrogen-bond acceptors (Lipinski definition) is 5. The topological polar surface area (TPSA) is 81.5 Å². The van der Waals surface area contributed by atoms with Gasteiger partial charge in [0.2, 0.25) is 5.89 Å². The number of halogens is 1. The number of nitrogens with zero attached hydrogens (tertiary/aromatic N) is 3. The Morgan fingerprint density at radius 3 is 2.82 bits per heavy atom. The maximum atomic E-state index is 11.0. The summed E-state index contributed by atoms with van der Waals surface area (Å²) in [5.74, 6) is 0.514. The van der Waals surface area contributed by atoms with Gasteiger partial charge in [-0.3, -0.25) is 15.1 Å². The van der Waals surface area contributed by atoms with Crippen molar-refractivity contribution in [3.63, 3.8) is 0 Å². The van der Waals surface area contributed by atoms with Crippen LogP contribution >= 0.6 is 11.6 Å². The van der Waals surface area contributed by atoms with E-state index in [-0.39, 0.29) is 10.7 Å². The normalized spacial score (nSPS) is 11.4. The average molecular weight is 392 g/mol. The van der Waals surface area contributed by atoms with E-state index in [9.17, 15) is 10.1 Å². The molecule has 0 amide bonds. The molecule has 0 unspecified atom stereocenters. The number of hydrogen-bond donors (Lipinski definition) is 0. The molecule has 0 bridgehead atoms. The average Bonchev–Trinajstić information content (AvgIpc) is 3.10. The van der Waals surface area contributed by atoms with Crippen LogP contribution in [0.5, 0.6) is 0 Å². The molecule has 0 spiro atoms. The molecule has 28 heavy (non-hydrogen) atoms. The molecule has 0 aliphatic rings. The maximum Gasteiger partial charge on any atom is 0.288 e. The fourth-order valence-electron chi connectivity index (χ4n) is 2.78. The zero-order chi connectivity index (χ0) is 19.7. The van der Waals surface area contributed by atoms with Gasteiger partial charge in [-0.05, 0) is 54.4 Å². The maximum absolute atomic E-state index is 11.0. The molecule has 0 atom stereocenters. The molecule has 1 aromatic heterocycles. The smallest absolute Gasteiger partial charge is 0.288 e. The number of benzene rings is 3. The van der Waals surface area contributed by atoms with E-state index in [1.807, 2.05) is 49.4 Å². The third-order valence-electron chi connectivity index (χ3n) is 4.17. The van der Waals surface area contributed by atoms with Crippen LogP contribution in [0.1, 0.15) is 11.1 Å². The first-order valence-corrected chi connectivity index (χ1v) is 8.83. The van der Waals surface area contributed by atoms with Gasteiger partial charge in [0, 0.05) is 17.8 Å². The van der Waals surface area contributed by atoms with Crippen molar-refractivity contribution in [2.45, 2.75) is 6.92 Å². The van der Waals surface area contributed by atoms with Gasteiger partial charge in [0.05, 0.1) is 10.6 Å². The lowest BCUT2D eigenvalue weighted by Crippen LogP contribution is -1.91. The van der Waals surface area contributed by atoms with Gasteiger partial charge in [0.15, 0.2) is 5.58 Å². The van der Waals surface area contributed by atoms with E-state index in [2.05, 4.69) is 9.98 Å². The molecule has 0 radical (unpaired) electrons. The number of oxazole rings is 1. The lowest BCUT2D eigenvalue weighted by molar-refractivity contribution is -0.384. The SMILES string of the molecule is Cc1ccc2oc(-c3cccc(N=Cc4ccc(Cl)c([N+](=O)[O-])c4)c3)nc2c1. The molecule has 0 N–H and O–H groups in total. The number of rotatable bonds is 4. The minimum atomic E-state index is -0.519. The van der Waals surface area contributed by atoms with Gasteiger partial charge in [-0.25, -0.2) is 4.98 Å². The van der Waals surface area contributed by atoms with Crippen LogP contribution in [0.3, 0.4) is 0 Å². The summed E-state index contributed by atoms with van der Waals surface area (Å²) in [6.07, 6.45) is 1.55. The number of aliphatic imine (C=N–C) groups is 1. The van der Waals surface area contributed by atoms with Crippen LogP contribution in [0.4, 0.5) is 11.4 Å². The Kier molecular flexibility index (Phi) is 4.63. The highest BCUT2D eigenvalue weighted by atomic mass is 35.5. The highest BCUT2D eigenvalue weighted by molar-refractivity contribution is 6.32. The molecule has 0 aliphatic heterocycles. The largest absolute Gasteiger partial charge is 0.436 e. The lowest BCUT2D eigenvalue weighted by atomic mass is 10.2. The zero-order valence-corrected chi connectivity index (χ0v) is 15.6. The molecule has 6 nitrogen and oxygen atoms in total. The Bertz CT molecular complexity index is 1230. The molecule has 0 saturated carbocycles. The monoisotopic (exact) mass is 391 g/mol. The van der Waals surface area contributed by atoms with E-state index in [0.717, 1.165) is 22.2 Å². The fourth-order valence-corrected chi connectivity index (χ4v) is 2.97. The number of aromatic nitrogens is 1. The van der Waals surface area contributed by atoms with E-state index >= 15 is 0 Å². The summed E-state index contributed by atoms with van der Waals surface area (Å²) in [5, 5.41) is 11.1. The van der Waals surface area contributed by atoms with Gasteiger partial charge in [-0.15, -0.1) is 0 Å². The molecule has 7 heteroatoms. The van der Waals surface area contributed by atoms with E-state index in [1.54, 1.807) is 12.3 Å². The predicted octanol–water partition coefficient (Wildman–Crippen LogP) is 6.12. The summed E-state index contributed by atoms with van der Waals surface area (Å²) >= 11 is 5.84. The molecule has 3 aromatic carbocycles. The Morgan fingerprint density at radius 2 is 2.00 bits per heavy atom. The quantitative estimate of drug-likeness (QED) is 0.238. The van der Waals surface area contributed by atoms with Gasteiger partial charge >= 0.3 is 0 Å². The molecule has 138 valence electrons. The molecule has 1 heterocycles. The third kappa shape index (κ3) is 3.63. The molecular formula is C21H14ClN3O3. The highest BCUT2D eigenvalue weighted by Gasteiger charge is 2.12. The minimum absolute atomic E-state index is 0.0929. The number of aryl methyl sites for hydroxylation is 1. The Hall–Kier alpha value is -3.51. The van der Waals surface area contributed by atoms with Gasteiger partial charge in [0.25, 0.3) is 5.69 Å². The fraction of sp³-hybridized carbons (Fsp3) is 0.0476. The van der Waals surface area contributed by atoms with Crippen molar-refractivity contribution in [2.75, 3.05) is 0 Å². The second kappa shape index (κ2) is 7.25. The standard InChI is InChI=1S/C21H14ClN3O3/c1-13-5-8-20-18(9-13)24-21(28-20)15-3-2-4-16(11-15)23-12-14-6-7-17(22)19(10-14)25(26)27/h2-12H,1H3. The highest BCUT2D eigenvalue weighted by Crippen LogP contribution is 2.28. The van der Waals surface area contributed by atoms with Crippen LogP contribution in [0.2, 0.25) is 5.02 Å². The Labute approximate surface area is 165 Å². The summed E-state index contributed by atoms with van der Waals surface area (Å²) in [7, 11) is 0. The van der Waals surface area contributed by atoms with Crippen LogP contribution in [-0.2, 0) is 0 Å². The number of nitro groups is 1. The molecule has 0 saturated heterocycles. The van der Waals surface area contributed by atoms with Crippen molar-refractivity contribution in [3.05, 3.63) is 86.9 Å². The summed E-state index contributed by atoms with van der Waals surface area (Å²) in [4.78, 5) is 19.4. The van der Waals surface area contributed by atoms with E-state index in [4.69, 9.17) is 16.0 Å². The van der Waals surface area contributed by atoms with Crippen molar-refractivity contribution >= 4 is 40.3 Å². The van der Waals surface area contributed by atoms with Gasteiger partial charge in [0.1, 0.15) is 10.5 Å². The van der Waals surface area contributed by atoms with Crippen molar-refractivity contribution in [3.8, 4) is 11.5 Å². The van der Waals surface area contributed by atoms with Crippen LogP contribution in [-0.4, -0.2) is 16.1 Å². The van der Waals surface area contributed by atoms with Gasteiger partial charge in [-0.1, -0.05) is 29.8 Å². The van der Waals surface area contributed by atoms with Crippen LogP contribution < -0.4 is 0 Å². The van der Waals surface area contributed by atoms with Crippen molar-refractivity contribution in [1.29, 1.82) is 0 Å². The van der Waals surface area contributed by atoms with E-state index < -0.39 is 4.92 Å². The predicted molar refractivity (Wildman–Crippen MR) is 110 cm³/mol. The first kappa shape index (κ1) is 17.9. The van der Waals surface area contributed by atoms with Crippen molar-refractivity contribution in [1.82, 2.24) is 4.98 Å². The molecule has 4 aromatic rings. The van der Waals surface area contributed by atoms with Gasteiger partial charge < -0.3 is 4.42 Å². The van der Waals surface area contributed by atoms with Crippen LogP contribution in [0.15, 0.2) is 70.1 Å². The Balaban J connectivity index is 1.64. The third-order valence-corrected chi connectivity index (χ3v) is 4.49. The molecule has 0 aliphatic carbocycles. The Morgan fingerprint density at radius 1 is 1.14 bits per heavy atom. The summed E-state index contributed by atoms with van der Waals surface area (Å²) in [5.41, 5.74) is 4.54. The van der Waals surface area contributed by atoms with Crippen molar-refractivity contribution in [2.24, 2.45) is 4.99 Å². The van der Waals surface area contributed by atoms with Crippen molar-refractivity contribution < 1.29 is 9.34 Å². The first-order valence-electron chi connectivity index (χ1n) is 8.45. The van der Waals surface area contributed by atoms with Crippen LogP contribution in [0.25, 0.3) is 22.6 Å². The summed E-state index contributed by atoms with van der Waals surface area (Å²) in [6.45, 7) is 2.00. The molecular weight excluding hydrogens is 378 g/mol. The minimum Gasteiger partial charge on any atom is -0.436 e. The number of nitro benzene ring substituents is 1. The molecule has 0 fully saturated rings. The second-order valence-corrected chi connectivity index (χ2v) is 6.67.